The minimum atomic E-state index is -0.162. The lowest BCUT2D eigenvalue weighted by molar-refractivity contribution is -0.118. The molecule has 0 fully saturated rings. The summed E-state index contributed by atoms with van der Waals surface area (Å²) in [7, 11) is 4.03. The van der Waals surface area contributed by atoms with Crippen molar-refractivity contribution in [3.05, 3.63) is 59.2 Å². The van der Waals surface area contributed by atoms with Crippen LogP contribution in [0.1, 0.15) is 16.7 Å². The molecule has 0 bridgehead atoms. The van der Waals surface area contributed by atoms with Crippen LogP contribution in [0.15, 0.2) is 42.5 Å². The molecule has 0 radical (unpaired) electrons. The molecule has 0 aliphatic carbocycles. The van der Waals surface area contributed by atoms with E-state index >= 15 is 0 Å². The highest BCUT2D eigenvalue weighted by atomic mass is 16.5. The zero-order valence-corrected chi connectivity index (χ0v) is 14.2. The number of nitrogens with one attached hydrogen (secondary N) is 1. The molecule has 1 amide bonds. The van der Waals surface area contributed by atoms with Crippen LogP contribution in [0.25, 0.3) is 0 Å². The van der Waals surface area contributed by atoms with Gasteiger partial charge in [-0.25, -0.2) is 0 Å². The van der Waals surface area contributed by atoms with Crippen molar-refractivity contribution in [1.82, 2.24) is 4.90 Å². The number of aryl methyl sites for hydroxylation is 2. The summed E-state index contributed by atoms with van der Waals surface area (Å²) >= 11 is 0. The third kappa shape index (κ3) is 5.42. The lowest BCUT2D eigenvalue weighted by Crippen LogP contribution is -2.20. The number of hydrogen-bond acceptors (Lipinski definition) is 3. The van der Waals surface area contributed by atoms with Gasteiger partial charge in [-0.15, -0.1) is 0 Å². The summed E-state index contributed by atoms with van der Waals surface area (Å²) in [6, 6.07) is 13.7. The second-order valence-electron chi connectivity index (χ2n) is 6.02. The van der Waals surface area contributed by atoms with E-state index in [1.54, 1.807) is 0 Å². The van der Waals surface area contributed by atoms with Crippen molar-refractivity contribution >= 4 is 11.6 Å². The largest absolute Gasteiger partial charge is 0.484 e. The van der Waals surface area contributed by atoms with Crippen LogP contribution in [0, 0.1) is 13.8 Å². The SMILES string of the molecule is Cc1ccc(OCC(=O)Nc2cccc(CN(C)C)c2)cc1C. The lowest BCUT2D eigenvalue weighted by atomic mass is 10.1. The van der Waals surface area contributed by atoms with Crippen LogP contribution in [-0.4, -0.2) is 31.5 Å². The van der Waals surface area contributed by atoms with Crippen LogP contribution >= 0.6 is 0 Å². The van der Waals surface area contributed by atoms with Crippen LogP contribution in [0.4, 0.5) is 5.69 Å². The van der Waals surface area contributed by atoms with Gasteiger partial charge in [0.2, 0.25) is 0 Å². The zero-order valence-electron chi connectivity index (χ0n) is 14.2. The first-order chi connectivity index (χ1) is 10.9. The van der Waals surface area contributed by atoms with E-state index in [2.05, 4.69) is 10.2 Å². The predicted molar refractivity (Wildman–Crippen MR) is 93.9 cm³/mol. The van der Waals surface area contributed by atoms with Gasteiger partial charge in [-0.2, -0.15) is 0 Å². The fraction of sp³-hybridized carbons (Fsp3) is 0.316. The van der Waals surface area contributed by atoms with Crippen LogP contribution in [0.5, 0.6) is 5.75 Å². The van der Waals surface area contributed by atoms with Crippen molar-refractivity contribution < 1.29 is 9.53 Å². The first-order valence-electron chi connectivity index (χ1n) is 7.67. The number of anilines is 1. The molecule has 0 unspecified atom stereocenters. The number of carbonyl (C=O) groups excluding carboxylic acids is 1. The van der Waals surface area contributed by atoms with Crippen molar-refractivity contribution in [1.29, 1.82) is 0 Å². The zero-order chi connectivity index (χ0) is 16.8. The Morgan fingerprint density at radius 3 is 2.57 bits per heavy atom. The number of nitrogens with zero attached hydrogens (tertiary/aromatic N) is 1. The summed E-state index contributed by atoms with van der Waals surface area (Å²) in [5, 5.41) is 2.87. The molecular weight excluding hydrogens is 288 g/mol. The van der Waals surface area contributed by atoms with Gasteiger partial charge in [-0.3, -0.25) is 4.79 Å². The maximum Gasteiger partial charge on any atom is 0.262 e. The molecular formula is C19H24N2O2. The van der Waals surface area contributed by atoms with Gasteiger partial charge in [-0.05, 0) is 68.9 Å². The molecule has 0 aliphatic heterocycles. The van der Waals surface area contributed by atoms with E-state index in [1.807, 2.05) is 70.4 Å². The fourth-order valence-electron chi connectivity index (χ4n) is 2.26. The topological polar surface area (TPSA) is 41.6 Å². The van der Waals surface area contributed by atoms with Gasteiger partial charge in [-0.1, -0.05) is 18.2 Å². The Hall–Kier alpha value is -2.33. The molecule has 0 heterocycles. The lowest BCUT2D eigenvalue weighted by Gasteiger charge is -2.12. The fourth-order valence-corrected chi connectivity index (χ4v) is 2.26. The van der Waals surface area contributed by atoms with Crippen molar-refractivity contribution in [2.45, 2.75) is 20.4 Å². The number of hydrogen-bond donors (Lipinski definition) is 1. The smallest absolute Gasteiger partial charge is 0.262 e. The summed E-state index contributed by atoms with van der Waals surface area (Å²) in [5.74, 6) is 0.551. The Bertz CT molecular complexity index is 681. The van der Waals surface area contributed by atoms with Gasteiger partial charge in [0.15, 0.2) is 6.61 Å². The number of rotatable bonds is 6. The molecule has 0 saturated heterocycles. The highest BCUT2D eigenvalue weighted by molar-refractivity contribution is 5.91. The summed E-state index contributed by atoms with van der Waals surface area (Å²) in [6.45, 7) is 4.91. The van der Waals surface area contributed by atoms with E-state index in [9.17, 15) is 4.79 Å². The quantitative estimate of drug-likeness (QED) is 0.889. The van der Waals surface area contributed by atoms with E-state index in [-0.39, 0.29) is 12.5 Å². The average Bonchev–Trinajstić information content (AvgIpc) is 2.48. The van der Waals surface area contributed by atoms with Crippen molar-refractivity contribution in [3.8, 4) is 5.75 Å². The van der Waals surface area contributed by atoms with Gasteiger partial charge >= 0.3 is 0 Å². The van der Waals surface area contributed by atoms with E-state index in [0.29, 0.717) is 5.75 Å². The Morgan fingerprint density at radius 2 is 1.87 bits per heavy atom. The molecule has 0 saturated carbocycles. The molecule has 1 N–H and O–H groups in total. The Labute approximate surface area is 138 Å². The maximum absolute atomic E-state index is 12.0. The molecule has 0 spiro atoms. The molecule has 122 valence electrons. The highest BCUT2D eigenvalue weighted by Gasteiger charge is 2.05. The molecule has 4 heteroatoms. The normalized spacial score (nSPS) is 10.7. The van der Waals surface area contributed by atoms with Crippen molar-refractivity contribution in [2.24, 2.45) is 0 Å². The molecule has 0 atom stereocenters. The minimum Gasteiger partial charge on any atom is -0.484 e. The van der Waals surface area contributed by atoms with Crippen LogP contribution < -0.4 is 10.1 Å². The first kappa shape index (κ1) is 17.0. The van der Waals surface area contributed by atoms with Gasteiger partial charge in [0.1, 0.15) is 5.75 Å². The highest BCUT2D eigenvalue weighted by Crippen LogP contribution is 2.16. The summed E-state index contributed by atoms with van der Waals surface area (Å²) in [6.07, 6.45) is 0. The molecule has 2 aromatic rings. The van der Waals surface area contributed by atoms with Crippen LogP contribution in [-0.2, 0) is 11.3 Å². The molecule has 2 aromatic carbocycles. The summed E-state index contributed by atoms with van der Waals surface area (Å²) in [4.78, 5) is 14.1. The summed E-state index contributed by atoms with van der Waals surface area (Å²) in [5.41, 5.74) is 4.31. The monoisotopic (exact) mass is 312 g/mol. The van der Waals surface area contributed by atoms with Crippen LogP contribution in [0.3, 0.4) is 0 Å². The summed E-state index contributed by atoms with van der Waals surface area (Å²) < 4.78 is 5.55. The number of amides is 1. The van der Waals surface area contributed by atoms with Gasteiger partial charge in [0.25, 0.3) is 5.91 Å². The first-order valence-corrected chi connectivity index (χ1v) is 7.67. The van der Waals surface area contributed by atoms with Gasteiger partial charge in [0, 0.05) is 12.2 Å². The molecule has 2 rings (SSSR count). The Morgan fingerprint density at radius 1 is 1.09 bits per heavy atom. The second-order valence-corrected chi connectivity index (χ2v) is 6.02. The number of ether oxygens (including phenoxy) is 1. The van der Waals surface area contributed by atoms with E-state index in [4.69, 9.17) is 4.74 Å². The van der Waals surface area contributed by atoms with E-state index < -0.39 is 0 Å². The predicted octanol–water partition coefficient (Wildman–Crippen LogP) is 3.38. The van der Waals surface area contributed by atoms with Gasteiger partial charge in [0.05, 0.1) is 0 Å². The molecule has 23 heavy (non-hydrogen) atoms. The van der Waals surface area contributed by atoms with Crippen molar-refractivity contribution in [2.75, 3.05) is 26.0 Å². The third-order valence-electron chi connectivity index (χ3n) is 3.56. The minimum absolute atomic E-state index is 0.000406. The number of carbonyl (C=O) groups is 1. The standard InChI is InChI=1S/C19H24N2O2/c1-14-8-9-18(10-15(14)2)23-13-19(22)20-17-7-5-6-16(11-17)12-21(3)4/h5-11H,12-13H2,1-4H3,(H,20,22). The molecule has 4 nitrogen and oxygen atoms in total. The maximum atomic E-state index is 12.0. The van der Waals surface area contributed by atoms with Crippen LogP contribution in [0.2, 0.25) is 0 Å². The van der Waals surface area contributed by atoms with E-state index in [0.717, 1.165) is 23.4 Å². The average molecular weight is 312 g/mol. The van der Waals surface area contributed by atoms with Crippen molar-refractivity contribution in [3.63, 3.8) is 0 Å². The van der Waals surface area contributed by atoms with Gasteiger partial charge < -0.3 is 15.0 Å². The Balaban J connectivity index is 1.90. The molecule has 0 aromatic heterocycles. The second kappa shape index (κ2) is 7.79. The number of benzene rings is 2. The Kier molecular flexibility index (Phi) is 5.77. The van der Waals surface area contributed by atoms with E-state index in [1.165, 1.54) is 5.56 Å². The third-order valence-corrected chi connectivity index (χ3v) is 3.56. The molecule has 0 aliphatic rings.